The van der Waals surface area contributed by atoms with Crippen LogP contribution in [0.1, 0.15) is 32.0 Å². The van der Waals surface area contributed by atoms with Crippen molar-refractivity contribution in [1.82, 2.24) is 4.98 Å². The van der Waals surface area contributed by atoms with Gasteiger partial charge in [0, 0.05) is 18.1 Å². The van der Waals surface area contributed by atoms with Crippen molar-refractivity contribution in [2.75, 3.05) is 6.26 Å². The molecule has 5 heteroatoms. The van der Waals surface area contributed by atoms with Gasteiger partial charge < -0.3 is 0 Å². The highest BCUT2D eigenvalue weighted by Crippen LogP contribution is 2.18. The zero-order valence-electron chi connectivity index (χ0n) is 11.2. The van der Waals surface area contributed by atoms with Crippen molar-refractivity contribution in [2.24, 2.45) is 0 Å². The first-order chi connectivity index (χ1) is 8.18. The van der Waals surface area contributed by atoms with Crippen LogP contribution in [0, 0.1) is 0 Å². The van der Waals surface area contributed by atoms with Gasteiger partial charge >= 0.3 is 0 Å². The number of rotatable bonds is 5. The Balaban J connectivity index is 2.88. The zero-order valence-corrected chi connectivity index (χ0v) is 12.0. The van der Waals surface area contributed by atoms with E-state index in [4.69, 9.17) is 0 Å². The highest BCUT2D eigenvalue weighted by molar-refractivity contribution is 7.92. The largest absolute Gasteiger partial charge is 0.298 e. The van der Waals surface area contributed by atoms with Gasteiger partial charge in [0.15, 0.2) is 15.6 Å². The van der Waals surface area contributed by atoms with E-state index in [9.17, 15) is 13.2 Å². The molecule has 0 spiro atoms. The van der Waals surface area contributed by atoms with E-state index in [1.165, 1.54) is 13.8 Å². The molecule has 1 rings (SSSR count). The molecule has 1 heterocycles. The van der Waals surface area contributed by atoms with Gasteiger partial charge in [0.05, 0.1) is 6.42 Å². The molecule has 0 saturated heterocycles. The van der Waals surface area contributed by atoms with E-state index in [0.29, 0.717) is 5.69 Å². The Bertz CT molecular complexity index is 530. The molecule has 100 valence electrons. The number of aryl methyl sites for hydroxylation is 1. The molecule has 0 atom stereocenters. The first-order valence-electron chi connectivity index (χ1n) is 5.85. The number of nitrogens with zero attached hydrogens (tertiary/aromatic N) is 1. The lowest BCUT2D eigenvalue weighted by molar-refractivity contribution is -0.120. The first-order valence-corrected chi connectivity index (χ1v) is 7.74. The Morgan fingerprint density at radius 1 is 1.33 bits per heavy atom. The molecule has 0 fully saturated rings. The van der Waals surface area contributed by atoms with E-state index >= 15 is 0 Å². The fourth-order valence-electron chi connectivity index (χ4n) is 1.35. The summed E-state index contributed by atoms with van der Waals surface area (Å²) in [6.07, 6.45) is 3.73. The van der Waals surface area contributed by atoms with E-state index in [1.54, 1.807) is 12.3 Å². The van der Waals surface area contributed by atoms with Crippen molar-refractivity contribution in [2.45, 2.75) is 38.4 Å². The van der Waals surface area contributed by atoms with Crippen LogP contribution in [-0.2, 0) is 27.5 Å². The molecule has 0 saturated carbocycles. The Morgan fingerprint density at radius 3 is 2.33 bits per heavy atom. The van der Waals surface area contributed by atoms with Gasteiger partial charge in [-0.05, 0) is 31.9 Å². The standard InChI is InChI=1S/C13H19NO3S/c1-5-10-6-7-11(14-9-10)8-12(15)13(2,3)18(4,16)17/h6-7,9H,5,8H2,1-4H3. The van der Waals surface area contributed by atoms with Crippen LogP contribution in [0.4, 0.5) is 0 Å². The fourth-order valence-corrected chi connectivity index (χ4v) is 1.84. The third kappa shape index (κ3) is 3.16. The molecule has 0 radical (unpaired) electrons. The van der Waals surface area contributed by atoms with Crippen molar-refractivity contribution >= 4 is 15.6 Å². The number of carbonyl (C=O) groups excluding carboxylic acids is 1. The van der Waals surface area contributed by atoms with Crippen molar-refractivity contribution in [3.63, 3.8) is 0 Å². The summed E-state index contributed by atoms with van der Waals surface area (Å²) in [5.41, 5.74) is 1.70. The highest BCUT2D eigenvalue weighted by Gasteiger charge is 2.37. The van der Waals surface area contributed by atoms with Gasteiger partial charge in [-0.15, -0.1) is 0 Å². The summed E-state index contributed by atoms with van der Waals surface area (Å²) in [5.74, 6) is -0.332. The van der Waals surface area contributed by atoms with Gasteiger partial charge in [-0.1, -0.05) is 13.0 Å². The molecule has 0 aromatic carbocycles. The minimum atomic E-state index is -3.41. The number of pyridine rings is 1. The number of hydrogen-bond donors (Lipinski definition) is 0. The van der Waals surface area contributed by atoms with E-state index < -0.39 is 14.6 Å². The normalized spacial score (nSPS) is 12.4. The van der Waals surface area contributed by atoms with Crippen molar-refractivity contribution in [3.05, 3.63) is 29.6 Å². The van der Waals surface area contributed by atoms with Gasteiger partial charge in [-0.3, -0.25) is 9.78 Å². The monoisotopic (exact) mass is 269 g/mol. The minimum absolute atomic E-state index is 0.0457. The maximum atomic E-state index is 12.0. The van der Waals surface area contributed by atoms with E-state index in [-0.39, 0.29) is 12.2 Å². The Hall–Kier alpha value is -1.23. The fraction of sp³-hybridized carbons (Fsp3) is 0.538. The average Bonchev–Trinajstić information content (AvgIpc) is 2.28. The maximum Gasteiger partial charge on any atom is 0.159 e. The van der Waals surface area contributed by atoms with Crippen LogP contribution in [0.2, 0.25) is 0 Å². The van der Waals surface area contributed by atoms with Crippen LogP contribution < -0.4 is 0 Å². The molecule has 0 aliphatic carbocycles. The Kier molecular flexibility index (Phi) is 4.27. The summed E-state index contributed by atoms with van der Waals surface area (Å²) in [4.78, 5) is 16.2. The van der Waals surface area contributed by atoms with Crippen molar-refractivity contribution in [1.29, 1.82) is 0 Å². The molecule has 0 N–H and O–H groups in total. The molecule has 0 bridgehead atoms. The molecule has 18 heavy (non-hydrogen) atoms. The zero-order chi connectivity index (χ0) is 14.0. The second-order valence-electron chi connectivity index (χ2n) is 4.89. The summed E-state index contributed by atoms with van der Waals surface area (Å²) in [6, 6.07) is 3.68. The summed E-state index contributed by atoms with van der Waals surface area (Å²) in [7, 11) is -3.41. The summed E-state index contributed by atoms with van der Waals surface area (Å²) in [6.45, 7) is 4.89. The van der Waals surface area contributed by atoms with Gasteiger partial charge in [-0.2, -0.15) is 0 Å². The molecule has 1 aromatic rings. The summed E-state index contributed by atoms with van der Waals surface area (Å²) >= 11 is 0. The number of aromatic nitrogens is 1. The van der Waals surface area contributed by atoms with Crippen molar-refractivity contribution < 1.29 is 13.2 Å². The van der Waals surface area contributed by atoms with Crippen LogP contribution in [-0.4, -0.2) is 30.2 Å². The van der Waals surface area contributed by atoms with Crippen LogP contribution in [0.15, 0.2) is 18.3 Å². The highest BCUT2D eigenvalue weighted by atomic mass is 32.2. The molecule has 0 aliphatic rings. The lowest BCUT2D eigenvalue weighted by Crippen LogP contribution is -2.41. The lowest BCUT2D eigenvalue weighted by Gasteiger charge is -2.20. The van der Waals surface area contributed by atoms with Crippen LogP contribution in [0.5, 0.6) is 0 Å². The van der Waals surface area contributed by atoms with Gasteiger partial charge in [0.2, 0.25) is 0 Å². The third-order valence-electron chi connectivity index (χ3n) is 3.23. The Labute approximate surface area is 108 Å². The predicted octanol–water partition coefficient (Wildman–Crippen LogP) is 1.58. The van der Waals surface area contributed by atoms with Gasteiger partial charge in [0.1, 0.15) is 4.75 Å². The molecule has 1 aromatic heterocycles. The first kappa shape index (κ1) is 14.8. The number of hydrogen-bond acceptors (Lipinski definition) is 4. The summed E-state index contributed by atoms with van der Waals surface area (Å²) in [5, 5.41) is 0. The smallest absolute Gasteiger partial charge is 0.159 e. The van der Waals surface area contributed by atoms with Crippen LogP contribution >= 0.6 is 0 Å². The van der Waals surface area contributed by atoms with E-state index in [2.05, 4.69) is 4.98 Å². The quantitative estimate of drug-likeness (QED) is 0.814. The van der Waals surface area contributed by atoms with Crippen LogP contribution in [0.25, 0.3) is 0 Å². The SMILES string of the molecule is CCc1ccc(CC(=O)C(C)(C)S(C)(=O)=O)nc1. The number of carbonyl (C=O) groups is 1. The molecular formula is C13H19NO3S. The molecule has 0 amide bonds. The topological polar surface area (TPSA) is 64.1 Å². The second-order valence-corrected chi connectivity index (χ2v) is 7.46. The maximum absolute atomic E-state index is 12.0. The number of Topliss-reactive ketones (excluding diaryl/α,β-unsaturated/α-hetero) is 1. The lowest BCUT2D eigenvalue weighted by atomic mass is 10.0. The average molecular weight is 269 g/mol. The molecular weight excluding hydrogens is 250 g/mol. The predicted molar refractivity (Wildman–Crippen MR) is 71.2 cm³/mol. The number of ketones is 1. The molecule has 4 nitrogen and oxygen atoms in total. The molecule has 0 unspecified atom stereocenters. The molecule has 0 aliphatic heterocycles. The second kappa shape index (κ2) is 5.18. The van der Waals surface area contributed by atoms with Gasteiger partial charge in [-0.25, -0.2) is 8.42 Å². The van der Waals surface area contributed by atoms with Crippen LogP contribution in [0.3, 0.4) is 0 Å². The third-order valence-corrected chi connectivity index (χ3v) is 5.32. The van der Waals surface area contributed by atoms with Crippen molar-refractivity contribution in [3.8, 4) is 0 Å². The van der Waals surface area contributed by atoms with E-state index in [1.807, 2.05) is 13.0 Å². The minimum Gasteiger partial charge on any atom is -0.298 e. The summed E-state index contributed by atoms with van der Waals surface area (Å²) < 4.78 is 21.7. The Morgan fingerprint density at radius 2 is 1.94 bits per heavy atom. The van der Waals surface area contributed by atoms with E-state index in [0.717, 1.165) is 18.2 Å². The van der Waals surface area contributed by atoms with Gasteiger partial charge in [0.25, 0.3) is 0 Å². The number of sulfone groups is 1.